The summed E-state index contributed by atoms with van der Waals surface area (Å²) in [5, 5.41) is 14.6. The van der Waals surface area contributed by atoms with E-state index in [2.05, 4.69) is 9.89 Å². The number of nitrogens with zero attached hydrogens (tertiary/aromatic N) is 2. The number of benzene rings is 1. The van der Waals surface area contributed by atoms with Crippen LogP contribution in [0.15, 0.2) is 28.8 Å². The van der Waals surface area contributed by atoms with Gasteiger partial charge in [0.2, 0.25) is 0 Å². The van der Waals surface area contributed by atoms with Crippen LogP contribution in [0.4, 0.5) is 10.1 Å². The quantitative estimate of drug-likeness (QED) is 0.485. The lowest BCUT2D eigenvalue weighted by molar-refractivity contribution is -0.384. The third-order valence-electron chi connectivity index (χ3n) is 2.43. The van der Waals surface area contributed by atoms with Crippen LogP contribution in [0.25, 0.3) is 11.3 Å². The number of hydrogen-bond donors (Lipinski definition) is 0. The highest BCUT2D eigenvalue weighted by Gasteiger charge is 2.33. The molecule has 0 aliphatic heterocycles. The van der Waals surface area contributed by atoms with E-state index in [4.69, 9.17) is 4.52 Å². The average molecular weight is 280 g/mol. The molecule has 1 aromatic carbocycles. The number of ether oxygens (including phenoxy) is 1. The summed E-state index contributed by atoms with van der Waals surface area (Å²) >= 11 is 0. The van der Waals surface area contributed by atoms with Crippen LogP contribution >= 0.6 is 0 Å². The minimum absolute atomic E-state index is 0.0442. The third kappa shape index (κ3) is 2.48. The summed E-state index contributed by atoms with van der Waals surface area (Å²) < 4.78 is 22.2. The molecule has 0 fully saturated rings. The van der Waals surface area contributed by atoms with Gasteiger partial charge in [0, 0.05) is 5.56 Å². The number of rotatable bonds is 4. The zero-order chi connectivity index (χ0) is 14.7. The summed E-state index contributed by atoms with van der Waals surface area (Å²) in [4.78, 5) is 21.8. The van der Waals surface area contributed by atoms with Crippen molar-refractivity contribution >= 4 is 11.7 Å². The summed E-state index contributed by atoms with van der Waals surface area (Å²) in [6.45, 7) is 1.60. The summed E-state index contributed by atoms with van der Waals surface area (Å²) in [6.07, 6.45) is 0. The molecule has 8 heteroatoms. The fraction of sp³-hybridized carbons (Fsp3) is 0.167. The van der Waals surface area contributed by atoms with Gasteiger partial charge in [0.1, 0.15) is 5.82 Å². The van der Waals surface area contributed by atoms with Crippen LogP contribution in [0.3, 0.4) is 0 Å². The number of nitro groups is 1. The molecule has 104 valence electrons. The average Bonchev–Trinajstić information content (AvgIpc) is 2.84. The van der Waals surface area contributed by atoms with Crippen LogP contribution < -0.4 is 0 Å². The number of carbonyl (C=O) groups excluding carboxylic acids is 1. The molecule has 0 atom stereocenters. The second kappa shape index (κ2) is 5.47. The lowest BCUT2D eigenvalue weighted by atomic mass is 10.1. The number of carbonyl (C=O) groups is 1. The van der Waals surface area contributed by atoms with Gasteiger partial charge in [-0.15, -0.1) is 0 Å². The SMILES string of the molecule is CCOC(=O)c1onc(-c2ccc(F)cc2)c1[N+](=O)[O-]. The van der Waals surface area contributed by atoms with Gasteiger partial charge in [0.15, 0.2) is 5.69 Å². The number of aromatic nitrogens is 1. The van der Waals surface area contributed by atoms with E-state index in [1.54, 1.807) is 6.92 Å². The van der Waals surface area contributed by atoms with Gasteiger partial charge in [-0.2, -0.15) is 0 Å². The molecule has 0 unspecified atom stereocenters. The second-order valence-corrected chi connectivity index (χ2v) is 3.69. The van der Waals surface area contributed by atoms with Crippen molar-refractivity contribution in [2.24, 2.45) is 0 Å². The molecule has 0 spiro atoms. The molecule has 2 rings (SSSR count). The van der Waals surface area contributed by atoms with E-state index in [-0.39, 0.29) is 17.9 Å². The Morgan fingerprint density at radius 1 is 1.45 bits per heavy atom. The Hall–Kier alpha value is -2.77. The van der Waals surface area contributed by atoms with Crippen LogP contribution in [0.5, 0.6) is 0 Å². The van der Waals surface area contributed by atoms with Gasteiger partial charge in [-0.3, -0.25) is 10.1 Å². The van der Waals surface area contributed by atoms with Gasteiger partial charge in [-0.05, 0) is 31.2 Å². The van der Waals surface area contributed by atoms with E-state index < -0.39 is 28.2 Å². The molecule has 0 aliphatic carbocycles. The molecule has 7 nitrogen and oxygen atoms in total. The third-order valence-corrected chi connectivity index (χ3v) is 2.43. The normalized spacial score (nSPS) is 10.3. The Labute approximate surface area is 112 Å². The van der Waals surface area contributed by atoms with E-state index in [0.29, 0.717) is 0 Å². The predicted octanol–water partition coefficient (Wildman–Crippen LogP) is 2.57. The van der Waals surface area contributed by atoms with Crippen LogP contribution in [0.2, 0.25) is 0 Å². The van der Waals surface area contributed by atoms with Gasteiger partial charge in [0.25, 0.3) is 0 Å². The van der Waals surface area contributed by atoms with Crippen molar-refractivity contribution in [1.82, 2.24) is 5.16 Å². The summed E-state index contributed by atoms with van der Waals surface area (Å²) in [5.41, 5.74) is -0.495. The first-order valence-electron chi connectivity index (χ1n) is 5.61. The molecular formula is C12H9FN2O5. The van der Waals surface area contributed by atoms with Crippen molar-refractivity contribution in [3.63, 3.8) is 0 Å². The number of hydrogen-bond acceptors (Lipinski definition) is 6. The van der Waals surface area contributed by atoms with E-state index in [9.17, 15) is 19.3 Å². The fourth-order valence-corrected chi connectivity index (χ4v) is 1.58. The fourth-order valence-electron chi connectivity index (χ4n) is 1.58. The zero-order valence-electron chi connectivity index (χ0n) is 10.3. The first-order chi connectivity index (χ1) is 9.54. The Bertz CT molecular complexity index is 650. The van der Waals surface area contributed by atoms with Gasteiger partial charge in [-0.25, -0.2) is 9.18 Å². The minimum atomic E-state index is -0.972. The topological polar surface area (TPSA) is 95.5 Å². The molecule has 0 bridgehead atoms. The molecule has 0 radical (unpaired) electrons. The lowest BCUT2D eigenvalue weighted by Crippen LogP contribution is -2.06. The van der Waals surface area contributed by atoms with Crippen LogP contribution in [0, 0.1) is 15.9 Å². The van der Waals surface area contributed by atoms with Gasteiger partial charge < -0.3 is 9.26 Å². The van der Waals surface area contributed by atoms with Crippen LogP contribution in [-0.4, -0.2) is 22.7 Å². The smallest absolute Gasteiger partial charge is 0.384 e. The van der Waals surface area contributed by atoms with Crippen molar-refractivity contribution in [2.45, 2.75) is 6.92 Å². The maximum atomic E-state index is 12.8. The zero-order valence-corrected chi connectivity index (χ0v) is 10.3. The van der Waals surface area contributed by atoms with Crippen LogP contribution in [0.1, 0.15) is 17.5 Å². The van der Waals surface area contributed by atoms with E-state index in [1.165, 1.54) is 12.1 Å². The first kappa shape index (κ1) is 13.7. The largest absolute Gasteiger partial charge is 0.460 e. The molecule has 0 saturated heterocycles. The summed E-state index contributed by atoms with van der Waals surface area (Å²) in [5.74, 6) is -2.05. The molecule has 0 aliphatic rings. The molecule has 0 N–H and O–H groups in total. The summed E-state index contributed by atoms with van der Waals surface area (Å²) in [7, 11) is 0. The second-order valence-electron chi connectivity index (χ2n) is 3.69. The highest BCUT2D eigenvalue weighted by Crippen LogP contribution is 2.32. The first-order valence-corrected chi connectivity index (χ1v) is 5.61. The molecular weight excluding hydrogens is 271 g/mol. The van der Waals surface area contributed by atoms with E-state index in [0.717, 1.165) is 12.1 Å². The minimum Gasteiger partial charge on any atom is -0.460 e. The molecule has 0 saturated carbocycles. The Morgan fingerprint density at radius 2 is 2.10 bits per heavy atom. The molecule has 2 aromatic rings. The molecule has 1 aromatic heterocycles. The molecule has 20 heavy (non-hydrogen) atoms. The monoisotopic (exact) mass is 280 g/mol. The lowest BCUT2D eigenvalue weighted by Gasteiger charge is -1.97. The highest BCUT2D eigenvalue weighted by atomic mass is 19.1. The van der Waals surface area contributed by atoms with E-state index in [1.807, 2.05) is 0 Å². The van der Waals surface area contributed by atoms with E-state index >= 15 is 0 Å². The van der Waals surface area contributed by atoms with Crippen molar-refractivity contribution < 1.29 is 23.4 Å². The van der Waals surface area contributed by atoms with Crippen molar-refractivity contribution in [1.29, 1.82) is 0 Å². The Kier molecular flexibility index (Phi) is 3.74. The van der Waals surface area contributed by atoms with Crippen molar-refractivity contribution in [3.8, 4) is 11.3 Å². The molecule has 1 heterocycles. The van der Waals surface area contributed by atoms with Gasteiger partial charge >= 0.3 is 17.4 Å². The maximum Gasteiger partial charge on any atom is 0.384 e. The Balaban J connectivity index is 2.52. The number of esters is 1. The van der Waals surface area contributed by atoms with Crippen molar-refractivity contribution in [2.75, 3.05) is 6.61 Å². The summed E-state index contributed by atoms with van der Waals surface area (Å²) in [6, 6.07) is 4.85. The Morgan fingerprint density at radius 3 is 2.65 bits per heavy atom. The van der Waals surface area contributed by atoms with Crippen LogP contribution in [-0.2, 0) is 4.74 Å². The molecule has 0 amide bonds. The van der Waals surface area contributed by atoms with Gasteiger partial charge in [0.05, 0.1) is 11.5 Å². The standard InChI is InChI=1S/C12H9FN2O5/c1-2-19-12(16)11-10(15(17)18)9(14-20-11)7-3-5-8(13)6-4-7/h3-6H,2H2,1H3. The van der Waals surface area contributed by atoms with Gasteiger partial charge in [-0.1, -0.05) is 5.16 Å². The predicted molar refractivity (Wildman–Crippen MR) is 64.5 cm³/mol. The van der Waals surface area contributed by atoms with Crippen molar-refractivity contribution in [3.05, 3.63) is 46.0 Å². The number of halogens is 1. The highest BCUT2D eigenvalue weighted by molar-refractivity contribution is 5.94. The maximum absolute atomic E-state index is 12.8.